The summed E-state index contributed by atoms with van der Waals surface area (Å²) in [7, 11) is 0. The minimum atomic E-state index is -0.674. The number of tetrazole rings is 1. The van der Waals surface area contributed by atoms with Gasteiger partial charge >= 0.3 is 11.7 Å². The van der Waals surface area contributed by atoms with Gasteiger partial charge in [-0.1, -0.05) is 24.6 Å². The van der Waals surface area contributed by atoms with Crippen molar-refractivity contribution in [2.75, 3.05) is 4.90 Å². The molecule has 2 aromatic rings. The molecule has 1 aliphatic carbocycles. The molecule has 1 saturated carbocycles. The van der Waals surface area contributed by atoms with E-state index in [0.717, 1.165) is 22.2 Å². The van der Waals surface area contributed by atoms with Crippen LogP contribution < -0.4 is 10.6 Å². The topological polar surface area (TPSA) is 90.1 Å². The van der Waals surface area contributed by atoms with Crippen LogP contribution in [0.15, 0.2) is 35.1 Å². The summed E-state index contributed by atoms with van der Waals surface area (Å²) in [5.74, 6) is -0.0309. The normalized spacial score (nSPS) is 17.7. The maximum Gasteiger partial charge on any atom is 0.373 e. The zero-order valence-corrected chi connectivity index (χ0v) is 14.3. The molecule has 132 valence electrons. The molecule has 0 bridgehead atoms. The Morgan fingerprint density at radius 3 is 2.52 bits per heavy atom. The van der Waals surface area contributed by atoms with Crippen molar-refractivity contribution in [3.8, 4) is 0 Å². The van der Waals surface area contributed by atoms with E-state index in [1.807, 2.05) is 32.0 Å². The third kappa shape index (κ3) is 3.24. The third-order valence-corrected chi connectivity index (χ3v) is 4.36. The highest BCUT2D eigenvalue weighted by molar-refractivity contribution is 5.93. The predicted octanol–water partition coefficient (Wildman–Crippen LogP) is 2.01. The fourth-order valence-corrected chi connectivity index (χ4v) is 3.12. The molecule has 3 rings (SSSR count). The van der Waals surface area contributed by atoms with Crippen molar-refractivity contribution in [1.29, 1.82) is 0 Å². The van der Waals surface area contributed by atoms with E-state index in [2.05, 4.69) is 10.4 Å². The highest BCUT2D eigenvalue weighted by Gasteiger charge is 2.30. The van der Waals surface area contributed by atoms with Crippen molar-refractivity contribution in [1.82, 2.24) is 19.8 Å². The summed E-state index contributed by atoms with van der Waals surface area (Å²) >= 11 is 0. The molecule has 0 spiro atoms. The molecule has 1 unspecified atom stereocenters. The number of ketones is 1. The van der Waals surface area contributed by atoms with Gasteiger partial charge in [0.15, 0.2) is 5.78 Å². The number of carbonyl (C=O) groups excluding carboxylic acids is 2. The van der Waals surface area contributed by atoms with Gasteiger partial charge in [-0.05, 0) is 49.2 Å². The molecule has 0 radical (unpaired) electrons. The first-order valence-electron chi connectivity index (χ1n) is 8.46. The van der Waals surface area contributed by atoms with Gasteiger partial charge in [0, 0.05) is 18.2 Å². The monoisotopic (exact) mass is 343 g/mol. The molecule has 1 amide bonds. The Morgan fingerprint density at radius 1 is 1.16 bits per heavy atom. The van der Waals surface area contributed by atoms with Gasteiger partial charge in [-0.15, -0.1) is 4.68 Å². The summed E-state index contributed by atoms with van der Waals surface area (Å²) in [6.07, 6.45) is 2.66. The molecule has 1 fully saturated rings. The first-order chi connectivity index (χ1) is 12.0. The summed E-state index contributed by atoms with van der Waals surface area (Å²) in [5, 5.41) is 7.52. The Morgan fingerprint density at radius 2 is 1.88 bits per heavy atom. The van der Waals surface area contributed by atoms with Crippen LogP contribution in [0, 0.1) is 0 Å². The number of anilines is 1. The summed E-state index contributed by atoms with van der Waals surface area (Å²) < 4.78 is 1.78. The quantitative estimate of drug-likeness (QED) is 0.795. The van der Waals surface area contributed by atoms with Gasteiger partial charge in [-0.25, -0.2) is 9.59 Å². The summed E-state index contributed by atoms with van der Waals surface area (Å²) in [6.45, 7) is 3.70. The predicted molar refractivity (Wildman–Crippen MR) is 91.6 cm³/mol. The largest absolute Gasteiger partial charge is 0.373 e. The number of amides is 1. The van der Waals surface area contributed by atoms with Crippen LogP contribution in [0.1, 0.15) is 45.6 Å². The molecule has 1 aromatic carbocycles. The molecule has 1 heterocycles. The molecule has 8 nitrogen and oxygen atoms in total. The summed E-state index contributed by atoms with van der Waals surface area (Å²) in [4.78, 5) is 39.0. The second-order valence-corrected chi connectivity index (χ2v) is 6.43. The number of nitrogens with zero attached hydrogens (tertiary/aromatic N) is 5. The van der Waals surface area contributed by atoms with E-state index >= 15 is 0 Å². The second kappa shape index (κ2) is 7.00. The van der Waals surface area contributed by atoms with Gasteiger partial charge in [0.25, 0.3) is 0 Å². The van der Waals surface area contributed by atoms with Crippen LogP contribution >= 0.6 is 0 Å². The number of carbonyl (C=O) groups is 2. The highest BCUT2D eigenvalue weighted by Crippen LogP contribution is 2.23. The Hall–Kier alpha value is -2.77. The lowest BCUT2D eigenvalue weighted by Gasteiger charge is -2.25. The van der Waals surface area contributed by atoms with Gasteiger partial charge in [0.1, 0.15) is 6.04 Å². The Balaban J connectivity index is 1.95. The van der Waals surface area contributed by atoms with Crippen LogP contribution in [0.25, 0.3) is 0 Å². The Kier molecular flexibility index (Phi) is 4.78. The number of hydrogen-bond acceptors (Lipinski definition) is 5. The van der Waals surface area contributed by atoms with Gasteiger partial charge in [0.2, 0.25) is 0 Å². The molecular formula is C17H21N5O3. The van der Waals surface area contributed by atoms with Crippen LogP contribution in [0.4, 0.5) is 10.5 Å². The summed E-state index contributed by atoms with van der Waals surface area (Å²) in [6, 6.07) is 7.69. The zero-order chi connectivity index (χ0) is 18.0. The van der Waals surface area contributed by atoms with E-state index in [1.165, 1.54) is 4.90 Å². The number of hydrogen-bond donors (Lipinski definition) is 0. The lowest BCUT2D eigenvalue weighted by atomic mass is 9.94. The average Bonchev–Trinajstić information content (AvgIpc) is 2.97. The fourth-order valence-electron chi connectivity index (χ4n) is 3.12. The van der Waals surface area contributed by atoms with Gasteiger partial charge in [0.05, 0.1) is 0 Å². The van der Waals surface area contributed by atoms with Crippen molar-refractivity contribution < 1.29 is 9.59 Å². The average molecular weight is 343 g/mol. The molecule has 25 heavy (non-hydrogen) atoms. The molecule has 0 saturated heterocycles. The van der Waals surface area contributed by atoms with Crippen LogP contribution in [0.2, 0.25) is 0 Å². The number of benzene rings is 1. The standard InChI is InChI=1S/C17H21N5O3/c1-12(2)20(13-8-4-3-5-9-13)16(24)22-17(25)21(18-19-22)14-10-6-7-11-15(14)23/h3-5,8-9,12,14H,6-7,10-11H2,1-2H3. The van der Waals surface area contributed by atoms with Crippen LogP contribution in [0.3, 0.4) is 0 Å². The van der Waals surface area contributed by atoms with Crippen molar-refractivity contribution in [2.45, 2.75) is 51.6 Å². The van der Waals surface area contributed by atoms with Crippen LogP contribution in [0.5, 0.6) is 0 Å². The van der Waals surface area contributed by atoms with E-state index in [0.29, 0.717) is 18.5 Å². The van der Waals surface area contributed by atoms with Crippen molar-refractivity contribution in [3.63, 3.8) is 0 Å². The molecule has 1 atom stereocenters. The van der Waals surface area contributed by atoms with E-state index in [-0.39, 0.29) is 11.8 Å². The number of aromatic nitrogens is 4. The van der Waals surface area contributed by atoms with Gasteiger partial charge in [-0.2, -0.15) is 4.68 Å². The number of para-hydroxylation sites is 1. The minimum absolute atomic E-state index is 0.0309. The number of Topliss-reactive ketones (excluding diaryl/α,β-unsaturated/α-hetero) is 1. The second-order valence-electron chi connectivity index (χ2n) is 6.43. The van der Waals surface area contributed by atoms with Crippen molar-refractivity contribution >= 4 is 17.5 Å². The lowest BCUT2D eigenvalue weighted by Crippen LogP contribution is -2.45. The first kappa shape index (κ1) is 17.1. The smallest absolute Gasteiger partial charge is 0.297 e. The third-order valence-electron chi connectivity index (χ3n) is 4.36. The van der Waals surface area contributed by atoms with Crippen LogP contribution in [-0.2, 0) is 4.79 Å². The SMILES string of the molecule is CC(C)N(C(=O)n1nnn(C2CCCCC2=O)c1=O)c1ccccc1. The molecule has 1 aliphatic rings. The van der Waals surface area contributed by atoms with E-state index < -0.39 is 17.8 Å². The minimum Gasteiger partial charge on any atom is -0.297 e. The molecule has 0 aliphatic heterocycles. The van der Waals surface area contributed by atoms with Crippen molar-refractivity contribution in [2.24, 2.45) is 0 Å². The van der Waals surface area contributed by atoms with Crippen molar-refractivity contribution in [3.05, 3.63) is 40.8 Å². The Labute approximate surface area is 145 Å². The first-order valence-corrected chi connectivity index (χ1v) is 8.46. The number of rotatable bonds is 3. The maximum atomic E-state index is 12.9. The maximum absolute atomic E-state index is 12.9. The molecule has 8 heteroatoms. The Bertz CT molecular complexity index is 824. The van der Waals surface area contributed by atoms with E-state index in [9.17, 15) is 14.4 Å². The fraction of sp³-hybridized carbons (Fsp3) is 0.471. The van der Waals surface area contributed by atoms with Gasteiger partial charge in [-0.3, -0.25) is 9.69 Å². The van der Waals surface area contributed by atoms with E-state index in [4.69, 9.17) is 0 Å². The summed E-state index contributed by atoms with van der Waals surface area (Å²) in [5.41, 5.74) is -0.00970. The zero-order valence-electron chi connectivity index (χ0n) is 14.3. The van der Waals surface area contributed by atoms with Crippen LogP contribution in [-0.4, -0.2) is 37.6 Å². The van der Waals surface area contributed by atoms with E-state index in [1.54, 1.807) is 12.1 Å². The highest BCUT2D eigenvalue weighted by atomic mass is 16.2. The molecular weight excluding hydrogens is 322 g/mol. The molecule has 0 N–H and O–H groups in total. The lowest BCUT2D eigenvalue weighted by molar-refractivity contribution is -0.124. The van der Waals surface area contributed by atoms with Gasteiger partial charge < -0.3 is 0 Å². The molecule has 1 aromatic heterocycles.